The minimum Gasteiger partial charge on any atom is -0.508 e. The van der Waals surface area contributed by atoms with Gasteiger partial charge in [0, 0.05) is 11.3 Å². The van der Waals surface area contributed by atoms with Gasteiger partial charge in [0.05, 0.1) is 11.4 Å². The summed E-state index contributed by atoms with van der Waals surface area (Å²) < 4.78 is 1.87. The largest absolute Gasteiger partial charge is 0.508 e. The van der Waals surface area contributed by atoms with Crippen molar-refractivity contribution in [3.8, 4) is 11.4 Å². The Kier molecular flexibility index (Phi) is 4.38. The average Bonchev–Trinajstić information content (AvgIpc) is 2.82. The Morgan fingerprint density at radius 1 is 1.21 bits per heavy atom. The lowest BCUT2D eigenvalue weighted by Gasteiger charge is -2.10. The smallest absolute Gasteiger partial charge is 0.136 e. The number of hydrogen-bond acceptors (Lipinski definition) is 2. The van der Waals surface area contributed by atoms with Crippen LogP contribution < -0.4 is 0 Å². The quantitative estimate of drug-likeness (QED) is 0.860. The molecule has 0 fully saturated rings. The molecule has 0 saturated carbocycles. The summed E-state index contributed by atoms with van der Waals surface area (Å²) >= 11 is 11.7. The molecule has 0 saturated heterocycles. The van der Waals surface area contributed by atoms with Crippen LogP contribution in [0.15, 0.2) is 24.3 Å². The molecule has 1 aromatic carbocycles. The number of aryl methyl sites for hydroxylation is 2. The minimum absolute atomic E-state index is 0.0969. The second-order valence-electron chi connectivity index (χ2n) is 4.29. The van der Waals surface area contributed by atoms with E-state index in [0.717, 1.165) is 29.9 Å². The van der Waals surface area contributed by atoms with Gasteiger partial charge in [-0.25, -0.2) is 4.68 Å². The average molecular weight is 299 g/mol. The van der Waals surface area contributed by atoms with Crippen LogP contribution in [-0.4, -0.2) is 14.9 Å². The Morgan fingerprint density at radius 2 is 1.95 bits per heavy atom. The predicted octanol–water partition coefficient (Wildman–Crippen LogP) is 4.18. The summed E-state index contributed by atoms with van der Waals surface area (Å²) in [6, 6.07) is 7.26. The van der Waals surface area contributed by atoms with Crippen molar-refractivity contribution >= 4 is 23.2 Å². The van der Waals surface area contributed by atoms with Crippen molar-refractivity contribution in [3.63, 3.8) is 0 Å². The Hall–Kier alpha value is -1.19. The van der Waals surface area contributed by atoms with E-state index in [1.807, 2.05) is 4.68 Å². The summed E-state index contributed by atoms with van der Waals surface area (Å²) in [5.74, 6) is 0.0969. The van der Waals surface area contributed by atoms with Crippen LogP contribution in [0, 0.1) is 0 Å². The third kappa shape index (κ3) is 2.88. The molecule has 2 rings (SSSR count). The van der Waals surface area contributed by atoms with E-state index in [1.54, 1.807) is 18.2 Å². The summed E-state index contributed by atoms with van der Waals surface area (Å²) in [5.41, 5.74) is 3.51. The van der Waals surface area contributed by atoms with Gasteiger partial charge in [-0.2, -0.15) is 5.10 Å². The van der Waals surface area contributed by atoms with E-state index in [9.17, 15) is 5.11 Å². The molecule has 1 aromatic heterocycles. The van der Waals surface area contributed by atoms with Gasteiger partial charge in [-0.3, -0.25) is 0 Å². The first-order valence-corrected chi connectivity index (χ1v) is 7.13. The maximum Gasteiger partial charge on any atom is 0.136 e. The number of aromatic nitrogens is 2. The second-order valence-corrected chi connectivity index (χ2v) is 5.39. The van der Waals surface area contributed by atoms with Crippen LogP contribution in [0.1, 0.15) is 35.6 Å². The minimum atomic E-state index is -0.758. The van der Waals surface area contributed by atoms with Gasteiger partial charge >= 0.3 is 0 Å². The highest BCUT2D eigenvalue weighted by Gasteiger charge is 2.13. The lowest BCUT2D eigenvalue weighted by atomic mass is 10.2. The predicted molar refractivity (Wildman–Crippen MR) is 78.4 cm³/mol. The first-order chi connectivity index (χ1) is 9.06. The Balaban J connectivity index is 2.52. The first-order valence-electron chi connectivity index (χ1n) is 6.26. The molecule has 0 aliphatic heterocycles. The summed E-state index contributed by atoms with van der Waals surface area (Å²) in [4.78, 5) is -0.758. The molecule has 0 amide bonds. The van der Waals surface area contributed by atoms with Crippen molar-refractivity contribution in [2.45, 2.75) is 31.5 Å². The fourth-order valence-electron chi connectivity index (χ4n) is 1.97. The van der Waals surface area contributed by atoms with Gasteiger partial charge in [0.15, 0.2) is 0 Å². The van der Waals surface area contributed by atoms with Gasteiger partial charge in [-0.05, 0) is 37.1 Å². The van der Waals surface area contributed by atoms with E-state index in [0.29, 0.717) is 5.56 Å². The molecule has 0 bridgehead atoms. The molecule has 0 unspecified atom stereocenters. The summed E-state index contributed by atoms with van der Waals surface area (Å²) in [5, 5.41) is 14.3. The monoisotopic (exact) mass is 298 g/mol. The van der Waals surface area contributed by atoms with Gasteiger partial charge in [0.25, 0.3) is 0 Å². The first kappa shape index (κ1) is 14.2. The van der Waals surface area contributed by atoms with Crippen molar-refractivity contribution in [3.05, 3.63) is 41.2 Å². The molecule has 102 valence electrons. The number of alkyl halides is 2. The van der Waals surface area contributed by atoms with Crippen molar-refractivity contribution in [1.82, 2.24) is 9.78 Å². The Morgan fingerprint density at radius 3 is 2.53 bits per heavy atom. The van der Waals surface area contributed by atoms with Gasteiger partial charge < -0.3 is 5.11 Å². The standard InChI is InChI=1S/C14H16Cl2N2O/c1-3-9-7-10(4-2)18(17-9)11-5-6-13(19)12(8-11)14(15)16/h5-8,14,19H,3-4H2,1-2H3. The SMILES string of the molecule is CCc1cc(CC)n(-c2ccc(O)c(C(Cl)Cl)c2)n1. The van der Waals surface area contributed by atoms with Crippen LogP contribution in [0.5, 0.6) is 5.75 Å². The van der Waals surface area contributed by atoms with Crippen LogP contribution in [0.3, 0.4) is 0 Å². The van der Waals surface area contributed by atoms with Crippen LogP contribution in [0.2, 0.25) is 0 Å². The van der Waals surface area contributed by atoms with E-state index in [2.05, 4.69) is 25.0 Å². The van der Waals surface area contributed by atoms with Crippen LogP contribution in [0.4, 0.5) is 0 Å². The fourth-order valence-corrected chi connectivity index (χ4v) is 2.32. The zero-order chi connectivity index (χ0) is 14.0. The van der Waals surface area contributed by atoms with Crippen molar-refractivity contribution < 1.29 is 5.11 Å². The molecule has 1 N–H and O–H groups in total. The number of nitrogens with zero attached hydrogens (tertiary/aromatic N) is 2. The molecule has 3 nitrogen and oxygen atoms in total. The Bertz CT molecular complexity index is 579. The van der Waals surface area contributed by atoms with E-state index in [1.165, 1.54) is 0 Å². The zero-order valence-electron chi connectivity index (χ0n) is 10.9. The number of benzene rings is 1. The highest BCUT2D eigenvalue weighted by Crippen LogP contribution is 2.33. The Labute approximate surface area is 122 Å². The summed E-state index contributed by atoms with van der Waals surface area (Å²) in [7, 11) is 0. The molecule has 0 spiro atoms. The number of aromatic hydroxyl groups is 1. The normalized spacial score (nSPS) is 11.2. The number of halogens is 2. The molecule has 0 atom stereocenters. The highest BCUT2D eigenvalue weighted by molar-refractivity contribution is 6.44. The molecule has 0 radical (unpaired) electrons. The van der Waals surface area contributed by atoms with Gasteiger partial charge in [0.1, 0.15) is 10.6 Å². The van der Waals surface area contributed by atoms with Crippen molar-refractivity contribution in [2.75, 3.05) is 0 Å². The van der Waals surface area contributed by atoms with E-state index in [-0.39, 0.29) is 5.75 Å². The molecule has 0 aliphatic carbocycles. The topological polar surface area (TPSA) is 38.0 Å². The lowest BCUT2D eigenvalue weighted by molar-refractivity contribution is 0.470. The number of phenols is 1. The molecular weight excluding hydrogens is 283 g/mol. The van der Waals surface area contributed by atoms with Crippen molar-refractivity contribution in [2.24, 2.45) is 0 Å². The lowest BCUT2D eigenvalue weighted by Crippen LogP contribution is -2.02. The third-order valence-corrected chi connectivity index (χ3v) is 3.52. The second kappa shape index (κ2) is 5.85. The van der Waals surface area contributed by atoms with Crippen LogP contribution in [0.25, 0.3) is 5.69 Å². The molecule has 0 aliphatic rings. The summed E-state index contributed by atoms with van der Waals surface area (Å²) in [6.45, 7) is 4.15. The van der Waals surface area contributed by atoms with Gasteiger partial charge in [0.2, 0.25) is 0 Å². The van der Waals surface area contributed by atoms with Crippen molar-refractivity contribution in [1.29, 1.82) is 0 Å². The molecule has 5 heteroatoms. The molecular formula is C14H16Cl2N2O. The molecule has 2 aromatic rings. The van der Waals surface area contributed by atoms with Gasteiger partial charge in [-0.15, -0.1) is 0 Å². The highest BCUT2D eigenvalue weighted by atomic mass is 35.5. The van der Waals surface area contributed by atoms with Gasteiger partial charge in [-0.1, -0.05) is 37.0 Å². The van der Waals surface area contributed by atoms with Crippen LogP contribution in [-0.2, 0) is 12.8 Å². The maximum absolute atomic E-state index is 9.73. The number of rotatable bonds is 4. The van der Waals surface area contributed by atoms with E-state index >= 15 is 0 Å². The van der Waals surface area contributed by atoms with Crippen LogP contribution >= 0.6 is 23.2 Å². The summed E-state index contributed by atoms with van der Waals surface area (Å²) in [6.07, 6.45) is 1.77. The molecule has 19 heavy (non-hydrogen) atoms. The fraction of sp³-hybridized carbons (Fsp3) is 0.357. The zero-order valence-corrected chi connectivity index (χ0v) is 12.4. The number of phenolic OH excluding ortho intramolecular Hbond substituents is 1. The van der Waals surface area contributed by atoms with E-state index in [4.69, 9.17) is 23.2 Å². The van der Waals surface area contributed by atoms with E-state index < -0.39 is 4.84 Å². The molecule has 1 heterocycles. The maximum atomic E-state index is 9.73. The third-order valence-electron chi connectivity index (χ3n) is 3.05. The number of hydrogen-bond donors (Lipinski definition) is 1.